The number of hydrogen-bond acceptors (Lipinski definition) is 7. The highest BCUT2D eigenvalue weighted by molar-refractivity contribution is 7.87. The molecular formula is C29H22N2O6S. The number of fused-ring (bicyclic) bond motifs is 1. The van der Waals surface area contributed by atoms with Gasteiger partial charge in [-0.05, 0) is 42.5 Å². The van der Waals surface area contributed by atoms with Crippen LogP contribution >= 0.6 is 0 Å². The second kappa shape index (κ2) is 9.44. The molecule has 2 aliphatic rings. The third-order valence-corrected chi connectivity index (χ3v) is 7.86. The normalized spacial score (nSPS) is 21.0. The number of hydrogen-bond donors (Lipinski definition) is 0. The second-order valence-corrected chi connectivity index (χ2v) is 10.4. The van der Waals surface area contributed by atoms with Crippen molar-refractivity contribution in [2.24, 2.45) is 5.92 Å². The Kier molecular flexibility index (Phi) is 5.94. The van der Waals surface area contributed by atoms with Gasteiger partial charge in [0.2, 0.25) is 5.91 Å². The number of benzene rings is 4. The Labute approximate surface area is 219 Å². The number of nitrogens with zero attached hydrogens (tertiary/aromatic N) is 2. The van der Waals surface area contributed by atoms with Crippen LogP contribution in [0.3, 0.4) is 0 Å². The Hall–Kier alpha value is -4.47. The first kappa shape index (κ1) is 23.9. The van der Waals surface area contributed by atoms with Crippen LogP contribution in [0.1, 0.15) is 11.6 Å². The van der Waals surface area contributed by atoms with Crippen LogP contribution < -0.4 is 14.1 Å². The average molecular weight is 527 g/mol. The van der Waals surface area contributed by atoms with E-state index < -0.39 is 40.0 Å². The van der Waals surface area contributed by atoms with Gasteiger partial charge in [0.05, 0.1) is 17.4 Å². The summed E-state index contributed by atoms with van der Waals surface area (Å²) < 4.78 is 31.8. The van der Waals surface area contributed by atoms with E-state index in [4.69, 9.17) is 9.02 Å². The highest BCUT2D eigenvalue weighted by atomic mass is 32.2. The third-order valence-electron chi connectivity index (χ3n) is 6.61. The van der Waals surface area contributed by atoms with Gasteiger partial charge in [-0.1, -0.05) is 72.8 Å². The van der Waals surface area contributed by atoms with Crippen molar-refractivity contribution < 1.29 is 27.0 Å². The number of para-hydroxylation sites is 3. The van der Waals surface area contributed by atoms with Gasteiger partial charge in [0.25, 0.3) is 5.91 Å². The summed E-state index contributed by atoms with van der Waals surface area (Å²) in [5, 5.41) is 1.50. The van der Waals surface area contributed by atoms with E-state index in [-0.39, 0.29) is 10.6 Å². The lowest BCUT2D eigenvalue weighted by Crippen LogP contribution is -2.37. The first-order valence-electron chi connectivity index (χ1n) is 12.0. The summed E-state index contributed by atoms with van der Waals surface area (Å²) >= 11 is 0. The van der Waals surface area contributed by atoms with Crippen LogP contribution in [0.15, 0.2) is 120 Å². The molecule has 0 unspecified atom stereocenters. The van der Waals surface area contributed by atoms with E-state index in [9.17, 15) is 18.0 Å². The Bertz CT molecular complexity index is 1600. The molecule has 0 spiro atoms. The van der Waals surface area contributed by atoms with E-state index in [1.165, 1.54) is 23.3 Å². The number of rotatable bonds is 6. The minimum absolute atomic E-state index is 0.00218. The van der Waals surface area contributed by atoms with Crippen LogP contribution in [0.4, 0.5) is 11.4 Å². The summed E-state index contributed by atoms with van der Waals surface area (Å²) in [6, 6.07) is 31.3. The van der Waals surface area contributed by atoms with E-state index in [0.29, 0.717) is 16.9 Å². The van der Waals surface area contributed by atoms with Crippen LogP contribution in [0.25, 0.3) is 0 Å². The predicted octanol–water partition coefficient (Wildman–Crippen LogP) is 4.51. The highest BCUT2D eigenvalue weighted by Gasteiger charge is 2.60. The van der Waals surface area contributed by atoms with Gasteiger partial charge in [-0.25, -0.2) is 9.96 Å². The molecule has 0 aliphatic carbocycles. The molecule has 0 aromatic heterocycles. The fraction of sp³-hybridized carbons (Fsp3) is 0.103. The molecule has 0 saturated carbocycles. The number of imide groups is 1. The fourth-order valence-corrected chi connectivity index (χ4v) is 5.89. The van der Waals surface area contributed by atoms with E-state index in [1.807, 2.05) is 18.2 Å². The van der Waals surface area contributed by atoms with Gasteiger partial charge in [0, 0.05) is 5.56 Å². The summed E-state index contributed by atoms with van der Waals surface area (Å²) in [5.41, 5.74) is 1.46. The second-order valence-electron chi connectivity index (χ2n) is 8.89. The molecule has 9 heteroatoms. The molecule has 2 saturated heterocycles. The van der Waals surface area contributed by atoms with Gasteiger partial charge in [-0.15, -0.1) is 0 Å². The van der Waals surface area contributed by atoms with Crippen molar-refractivity contribution in [1.29, 1.82) is 0 Å². The fourth-order valence-electron chi connectivity index (χ4n) is 4.91. The third kappa shape index (κ3) is 4.02. The van der Waals surface area contributed by atoms with Crippen molar-refractivity contribution in [2.75, 3.05) is 9.96 Å². The Morgan fingerprint density at radius 1 is 0.658 bits per heavy atom. The van der Waals surface area contributed by atoms with E-state index >= 15 is 0 Å². The number of amides is 2. The summed E-state index contributed by atoms with van der Waals surface area (Å²) in [5.74, 6) is -1.81. The molecule has 8 nitrogen and oxygen atoms in total. The van der Waals surface area contributed by atoms with Gasteiger partial charge in [-0.2, -0.15) is 8.42 Å². The van der Waals surface area contributed by atoms with Crippen molar-refractivity contribution in [2.45, 2.75) is 17.0 Å². The van der Waals surface area contributed by atoms with Crippen LogP contribution in [0.2, 0.25) is 0 Å². The molecule has 0 radical (unpaired) electrons. The van der Waals surface area contributed by atoms with Crippen molar-refractivity contribution in [3.63, 3.8) is 0 Å². The van der Waals surface area contributed by atoms with Crippen molar-refractivity contribution in [3.8, 4) is 5.75 Å². The molecule has 4 aromatic carbocycles. The Balaban J connectivity index is 1.45. The van der Waals surface area contributed by atoms with Gasteiger partial charge in [0.1, 0.15) is 16.6 Å². The summed E-state index contributed by atoms with van der Waals surface area (Å²) in [4.78, 5) is 34.6. The summed E-state index contributed by atoms with van der Waals surface area (Å²) in [7, 11) is -4.17. The van der Waals surface area contributed by atoms with Crippen molar-refractivity contribution >= 4 is 33.3 Å². The molecule has 0 bridgehead atoms. The molecule has 3 atom stereocenters. The van der Waals surface area contributed by atoms with E-state index in [1.54, 1.807) is 78.9 Å². The molecule has 6 rings (SSSR count). The SMILES string of the molecule is O=C1[C@@H]2[C@@H](ON(c3ccccc3)[C@H]2c2ccccc2OS(=O)(=O)c2ccccc2)C(=O)N1c1ccccc1. The molecule has 2 heterocycles. The average Bonchev–Trinajstić information content (AvgIpc) is 3.46. The molecule has 38 heavy (non-hydrogen) atoms. The molecule has 2 amide bonds. The summed E-state index contributed by atoms with van der Waals surface area (Å²) in [6.45, 7) is 0. The van der Waals surface area contributed by atoms with Gasteiger partial charge < -0.3 is 4.18 Å². The van der Waals surface area contributed by atoms with Crippen LogP contribution in [0.5, 0.6) is 5.75 Å². The molecular weight excluding hydrogens is 504 g/mol. The maximum atomic E-state index is 13.8. The van der Waals surface area contributed by atoms with Crippen LogP contribution in [-0.2, 0) is 24.5 Å². The highest BCUT2D eigenvalue weighted by Crippen LogP contribution is 2.49. The number of anilines is 2. The zero-order valence-corrected chi connectivity index (χ0v) is 20.8. The maximum absolute atomic E-state index is 13.8. The van der Waals surface area contributed by atoms with Crippen LogP contribution in [-0.4, -0.2) is 26.3 Å². The molecule has 2 fully saturated rings. The summed E-state index contributed by atoms with van der Waals surface area (Å²) in [6.07, 6.45) is -1.09. The van der Waals surface area contributed by atoms with Crippen molar-refractivity contribution in [1.82, 2.24) is 0 Å². The quantitative estimate of drug-likeness (QED) is 0.270. The minimum Gasteiger partial charge on any atom is -0.379 e. The van der Waals surface area contributed by atoms with E-state index in [2.05, 4.69) is 0 Å². The number of carbonyl (C=O) groups is 2. The van der Waals surface area contributed by atoms with Gasteiger partial charge >= 0.3 is 10.1 Å². The number of hydroxylamine groups is 1. The largest absolute Gasteiger partial charge is 0.379 e. The smallest absolute Gasteiger partial charge is 0.339 e. The van der Waals surface area contributed by atoms with Crippen molar-refractivity contribution in [3.05, 3.63) is 121 Å². The van der Waals surface area contributed by atoms with Gasteiger partial charge in [-0.3, -0.25) is 14.4 Å². The Morgan fingerprint density at radius 2 is 1.21 bits per heavy atom. The predicted molar refractivity (Wildman–Crippen MR) is 140 cm³/mol. The first-order chi connectivity index (χ1) is 18.5. The van der Waals surface area contributed by atoms with Gasteiger partial charge in [0.15, 0.2) is 6.10 Å². The zero-order chi connectivity index (χ0) is 26.3. The lowest BCUT2D eigenvalue weighted by atomic mass is 9.90. The maximum Gasteiger partial charge on any atom is 0.339 e. The Morgan fingerprint density at radius 3 is 1.87 bits per heavy atom. The molecule has 4 aromatic rings. The monoisotopic (exact) mass is 526 g/mol. The van der Waals surface area contributed by atoms with E-state index in [0.717, 1.165) is 4.90 Å². The first-order valence-corrected chi connectivity index (χ1v) is 13.4. The topological polar surface area (TPSA) is 93.2 Å². The molecule has 2 aliphatic heterocycles. The number of carbonyl (C=O) groups excluding carboxylic acids is 2. The lowest BCUT2D eigenvalue weighted by Gasteiger charge is -2.29. The molecule has 0 N–H and O–H groups in total. The lowest BCUT2D eigenvalue weighted by molar-refractivity contribution is -0.126. The zero-order valence-electron chi connectivity index (χ0n) is 20.0. The standard InChI is InChI=1S/C29H22N2O6S/c32-28-25-26(23-18-10-11-19-24(23)37-38(34,35)22-16-8-3-9-17-22)31(21-14-6-2-7-15-21)36-27(25)29(33)30(28)20-12-4-1-5-13-20/h1-19,25-27H/t25-,26-,27+/m0/s1. The van der Waals surface area contributed by atoms with Crippen LogP contribution in [0, 0.1) is 5.92 Å². The minimum atomic E-state index is -4.17. The molecule has 190 valence electrons.